The van der Waals surface area contributed by atoms with Crippen LogP contribution < -0.4 is 16.1 Å². The van der Waals surface area contributed by atoms with E-state index >= 15 is 0 Å². The molecule has 1 aromatic heterocycles. The van der Waals surface area contributed by atoms with Crippen LogP contribution in [-0.2, 0) is 6.42 Å². The third-order valence-corrected chi connectivity index (χ3v) is 4.18. The summed E-state index contributed by atoms with van der Waals surface area (Å²) in [4.78, 5) is 41.7. The van der Waals surface area contributed by atoms with Gasteiger partial charge < -0.3 is 9.88 Å². The first-order chi connectivity index (χ1) is 11.9. The number of aryl methyl sites for hydroxylation is 1. The number of aromatic nitrogens is 2. The fraction of sp³-hybridized carbons (Fsp3) is 0.211. The highest BCUT2D eigenvalue weighted by molar-refractivity contribution is 6.00. The number of rotatable bonds is 5. The van der Waals surface area contributed by atoms with Gasteiger partial charge in [-0.2, -0.15) is 0 Å². The zero-order chi connectivity index (χ0) is 18.0. The number of benzene rings is 2. The molecular formula is C19H19N3O3. The highest BCUT2D eigenvalue weighted by Gasteiger charge is 2.09. The summed E-state index contributed by atoms with van der Waals surface area (Å²) in [6.45, 7) is 0. The zero-order valence-electron chi connectivity index (χ0n) is 14.1. The van der Waals surface area contributed by atoms with Crippen molar-refractivity contribution < 1.29 is 4.79 Å². The number of nitrogens with zero attached hydrogens (tertiary/aromatic N) is 1. The molecule has 3 rings (SSSR count). The van der Waals surface area contributed by atoms with Crippen molar-refractivity contribution in [3.63, 3.8) is 0 Å². The number of nitrogens with one attached hydrogen (secondary N) is 2. The molecular weight excluding hydrogens is 318 g/mol. The van der Waals surface area contributed by atoms with E-state index in [1.807, 2.05) is 43.3 Å². The minimum Gasteiger partial charge on any atom is -0.378 e. The smallest absolute Gasteiger partial charge is 0.325 e. The van der Waals surface area contributed by atoms with Crippen molar-refractivity contribution in [3.05, 3.63) is 74.6 Å². The standard InChI is InChI=1S/C19H19N3O3/c1-22(2)16-7-5-12-9-14(4-3-13(12)10-16)17(23)8-6-15-11-20-19(25)21-18(15)24/h3-5,7,9-11H,6,8H2,1-2H3,(H2,20,21,24,25). The number of hydrogen-bond donors (Lipinski definition) is 2. The Morgan fingerprint density at radius 3 is 2.48 bits per heavy atom. The van der Waals surface area contributed by atoms with Gasteiger partial charge in [0.1, 0.15) is 0 Å². The Bertz CT molecular complexity index is 1050. The van der Waals surface area contributed by atoms with Crippen LogP contribution >= 0.6 is 0 Å². The molecule has 2 aromatic carbocycles. The molecule has 3 aromatic rings. The lowest BCUT2D eigenvalue weighted by atomic mass is 10.0. The summed E-state index contributed by atoms with van der Waals surface area (Å²) in [7, 11) is 3.97. The van der Waals surface area contributed by atoms with Gasteiger partial charge in [-0.25, -0.2) is 4.79 Å². The van der Waals surface area contributed by atoms with Crippen molar-refractivity contribution in [2.45, 2.75) is 12.8 Å². The third kappa shape index (κ3) is 3.68. The largest absolute Gasteiger partial charge is 0.378 e. The molecule has 0 aliphatic heterocycles. The Hall–Kier alpha value is -3.15. The van der Waals surface area contributed by atoms with Gasteiger partial charge in [0, 0.05) is 43.5 Å². The Kier molecular flexibility index (Phi) is 4.52. The van der Waals surface area contributed by atoms with Crippen LogP contribution in [0.4, 0.5) is 5.69 Å². The fourth-order valence-corrected chi connectivity index (χ4v) is 2.70. The molecule has 0 aliphatic rings. The first kappa shape index (κ1) is 16.7. The Balaban J connectivity index is 1.78. The number of anilines is 1. The maximum Gasteiger partial charge on any atom is 0.325 e. The van der Waals surface area contributed by atoms with Crippen LogP contribution in [-0.4, -0.2) is 29.8 Å². The van der Waals surface area contributed by atoms with Crippen molar-refractivity contribution in [2.24, 2.45) is 0 Å². The van der Waals surface area contributed by atoms with Gasteiger partial charge >= 0.3 is 5.69 Å². The van der Waals surface area contributed by atoms with Gasteiger partial charge in [0.15, 0.2) is 5.78 Å². The van der Waals surface area contributed by atoms with E-state index in [0.717, 1.165) is 16.5 Å². The lowest BCUT2D eigenvalue weighted by molar-refractivity contribution is 0.0983. The molecule has 0 unspecified atom stereocenters. The molecule has 0 radical (unpaired) electrons. The quantitative estimate of drug-likeness (QED) is 0.698. The number of aromatic amines is 2. The van der Waals surface area contributed by atoms with Gasteiger partial charge in [0.05, 0.1) is 0 Å². The second kappa shape index (κ2) is 6.76. The molecule has 128 valence electrons. The van der Waals surface area contributed by atoms with Crippen LogP contribution in [0.3, 0.4) is 0 Å². The van der Waals surface area contributed by atoms with Crippen LogP contribution in [0.1, 0.15) is 22.3 Å². The number of carbonyl (C=O) groups excluding carboxylic acids is 1. The fourth-order valence-electron chi connectivity index (χ4n) is 2.70. The van der Waals surface area contributed by atoms with Gasteiger partial charge in [-0.3, -0.25) is 14.6 Å². The molecule has 0 bridgehead atoms. The number of ketones is 1. The number of Topliss-reactive ketones (excluding diaryl/α,β-unsaturated/α-hetero) is 1. The van der Waals surface area contributed by atoms with Crippen molar-refractivity contribution in [1.29, 1.82) is 0 Å². The van der Waals surface area contributed by atoms with Gasteiger partial charge in [0.2, 0.25) is 0 Å². The molecule has 0 saturated heterocycles. The lowest BCUT2D eigenvalue weighted by Crippen LogP contribution is -2.24. The van der Waals surface area contributed by atoms with E-state index in [9.17, 15) is 14.4 Å². The predicted molar refractivity (Wildman–Crippen MR) is 98.6 cm³/mol. The summed E-state index contributed by atoms with van der Waals surface area (Å²) in [6.07, 6.45) is 1.84. The average Bonchev–Trinajstić information content (AvgIpc) is 2.59. The van der Waals surface area contributed by atoms with E-state index in [0.29, 0.717) is 11.1 Å². The monoisotopic (exact) mass is 337 g/mol. The van der Waals surface area contributed by atoms with E-state index in [2.05, 4.69) is 16.0 Å². The minimum atomic E-state index is -0.549. The molecule has 0 atom stereocenters. The van der Waals surface area contributed by atoms with Crippen molar-refractivity contribution in [1.82, 2.24) is 9.97 Å². The van der Waals surface area contributed by atoms with E-state index in [1.54, 1.807) is 6.07 Å². The van der Waals surface area contributed by atoms with Crippen molar-refractivity contribution >= 4 is 22.2 Å². The zero-order valence-corrected chi connectivity index (χ0v) is 14.1. The summed E-state index contributed by atoms with van der Waals surface area (Å²) in [5.41, 5.74) is 1.11. The maximum absolute atomic E-state index is 12.4. The van der Waals surface area contributed by atoms with E-state index in [4.69, 9.17) is 0 Å². The van der Waals surface area contributed by atoms with E-state index in [1.165, 1.54) is 6.20 Å². The number of fused-ring (bicyclic) bond motifs is 1. The molecule has 0 aliphatic carbocycles. The highest BCUT2D eigenvalue weighted by atomic mass is 16.2. The first-order valence-electron chi connectivity index (χ1n) is 7.99. The third-order valence-electron chi connectivity index (χ3n) is 4.18. The molecule has 0 amide bonds. The second-order valence-corrected chi connectivity index (χ2v) is 6.16. The average molecular weight is 337 g/mol. The predicted octanol–water partition coefficient (Wildman–Crippen LogP) is 2.10. The lowest BCUT2D eigenvalue weighted by Gasteiger charge is -2.13. The maximum atomic E-state index is 12.4. The summed E-state index contributed by atoms with van der Waals surface area (Å²) < 4.78 is 0. The molecule has 25 heavy (non-hydrogen) atoms. The molecule has 0 saturated carbocycles. The minimum absolute atomic E-state index is 0.0378. The van der Waals surface area contributed by atoms with Crippen LogP contribution in [0.5, 0.6) is 0 Å². The van der Waals surface area contributed by atoms with Crippen LogP contribution in [0, 0.1) is 0 Å². The highest BCUT2D eigenvalue weighted by Crippen LogP contribution is 2.22. The van der Waals surface area contributed by atoms with E-state index < -0.39 is 11.2 Å². The summed E-state index contributed by atoms with van der Waals surface area (Å²) in [5.74, 6) is -0.0378. The molecule has 0 spiro atoms. The number of H-pyrrole nitrogens is 2. The van der Waals surface area contributed by atoms with Gasteiger partial charge in [-0.05, 0) is 35.4 Å². The Morgan fingerprint density at radius 1 is 1.04 bits per heavy atom. The molecule has 0 fully saturated rings. The van der Waals surface area contributed by atoms with Crippen molar-refractivity contribution in [3.8, 4) is 0 Å². The number of carbonyl (C=O) groups is 1. The summed E-state index contributed by atoms with van der Waals surface area (Å²) >= 11 is 0. The Labute approximate surface area is 144 Å². The molecule has 2 N–H and O–H groups in total. The molecule has 6 heteroatoms. The topological polar surface area (TPSA) is 86.0 Å². The summed E-state index contributed by atoms with van der Waals surface area (Å²) in [6, 6.07) is 11.7. The summed E-state index contributed by atoms with van der Waals surface area (Å²) in [5, 5.41) is 2.07. The van der Waals surface area contributed by atoms with Crippen molar-refractivity contribution in [2.75, 3.05) is 19.0 Å². The second-order valence-electron chi connectivity index (χ2n) is 6.16. The molecule has 6 nitrogen and oxygen atoms in total. The van der Waals surface area contributed by atoms with Crippen LogP contribution in [0.15, 0.2) is 52.2 Å². The normalized spacial score (nSPS) is 10.8. The molecule has 1 heterocycles. The van der Waals surface area contributed by atoms with Gasteiger partial charge in [-0.1, -0.05) is 18.2 Å². The SMILES string of the molecule is CN(C)c1ccc2cc(C(=O)CCc3c[nH]c(=O)[nH]c3=O)ccc2c1. The number of hydrogen-bond acceptors (Lipinski definition) is 4. The van der Waals surface area contributed by atoms with Crippen LogP contribution in [0.2, 0.25) is 0 Å². The Morgan fingerprint density at radius 2 is 1.76 bits per heavy atom. The first-order valence-corrected chi connectivity index (χ1v) is 7.99. The van der Waals surface area contributed by atoms with Gasteiger partial charge in [-0.15, -0.1) is 0 Å². The van der Waals surface area contributed by atoms with Crippen LogP contribution in [0.25, 0.3) is 10.8 Å². The van der Waals surface area contributed by atoms with Gasteiger partial charge in [0.25, 0.3) is 5.56 Å². The van der Waals surface area contributed by atoms with E-state index in [-0.39, 0.29) is 18.6 Å².